The van der Waals surface area contributed by atoms with Crippen molar-refractivity contribution in [1.82, 2.24) is 0 Å². The molecule has 0 saturated carbocycles. The standard InChI is InChI=1S/C13H19NO4/c1-8(15)9-5-6-11(16)10(7-9)14-12(17)18-13(2,3)4/h5-8,15-16H,1-4H3,(H,14,17). The van der Waals surface area contributed by atoms with E-state index in [1.54, 1.807) is 33.8 Å². The van der Waals surface area contributed by atoms with Gasteiger partial charge in [-0.1, -0.05) is 6.07 Å². The molecule has 0 fully saturated rings. The molecule has 0 spiro atoms. The summed E-state index contributed by atoms with van der Waals surface area (Å²) in [5.74, 6) is -0.0785. The number of aliphatic hydroxyl groups excluding tert-OH is 1. The summed E-state index contributed by atoms with van der Waals surface area (Å²) in [4.78, 5) is 11.6. The van der Waals surface area contributed by atoms with Crippen molar-refractivity contribution >= 4 is 11.8 Å². The first-order valence-corrected chi connectivity index (χ1v) is 5.70. The fourth-order valence-electron chi connectivity index (χ4n) is 1.33. The van der Waals surface area contributed by atoms with Gasteiger partial charge in [0.2, 0.25) is 0 Å². The van der Waals surface area contributed by atoms with Crippen LogP contribution in [0.5, 0.6) is 5.75 Å². The van der Waals surface area contributed by atoms with Crippen LogP contribution in [-0.2, 0) is 4.74 Å². The summed E-state index contributed by atoms with van der Waals surface area (Å²) >= 11 is 0. The number of amides is 1. The van der Waals surface area contributed by atoms with Gasteiger partial charge < -0.3 is 14.9 Å². The Labute approximate surface area is 106 Å². The van der Waals surface area contributed by atoms with Gasteiger partial charge in [-0.25, -0.2) is 4.79 Å². The summed E-state index contributed by atoms with van der Waals surface area (Å²) in [7, 11) is 0. The number of carbonyl (C=O) groups is 1. The van der Waals surface area contributed by atoms with Gasteiger partial charge in [-0.2, -0.15) is 0 Å². The summed E-state index contributed by atoms with van der Waals surface area (Å²) in [6.07, 6.45) is -1.33. The maximum Gasteiger partial charge on any atom is 0.412 e. The molecule has 0 heterocycles. The molecular formula is C13H19NO4. The summed E-state index contributed by atoms with van der Waals surface area (Å²) < 4.78 is 5.07. The predicted molar refractivity (Wildman–Crippen MR) is 68.6 cm³/mol. The van der Waals surface area contributed by atoms with Crippen LogP contribution < -0.4 is 5.32 Å². The fourth-order valence-corrected chi connectivity index (χ4v) is 1.33. The van der Waals surface area contributed by atoms with E-state index in [1.165, 1.54) is 12.1 Å². The lowest BCUT2D eigenvalue weighted by atomic mass is 10.1. The number of phenolic OH excluding ortho intramolecular Hbond substituents is 1. The molecule has 1 aromatic carbocycles. The zero-order valence-corrected chi connectivity index (χ0v) is 11.0. The lowest BCUT2D eigenvalue weighted by molar-refractivity contribution is 0.0635. The third-order valence-corrected chi connectivity index (χ3v) is 2.14. The number of benzene rings is 1. The highest BCUT2D eigenvalue weighted by Crippen LogP contribution is 2.27. The number of aliphatic hydroxyl groups is 1. The lowest BCUT2D eigenvalue weighted by Gasteiger charge is -2.20. The monoisotopic (exact) mass is 253 g/mol. The van der Waals surface area contributed by atoms with E-state index in [2.05, 4.69) is 5.32 Å². The van der Waals surface area contributed by atoms with Crippen molar-refractivity contribution < 1.29 is 19.7 Å². The van der Waals surface area contributed by atoms with Gasteiger partial charge in [-0.05, 0) is 45.4 Å². The smallest absolute Gasteiger partial charge is 0.412 e. The van der Waals surface area contributed by atoms with Gasteiger partial charge in [-0.3, -0.25) is 5.32 Å². The van der Waals surface area contributed by atoms with E-state index < -0.39 is 17.8 Å². The van der Waals surface area contributed by atoms with E-state index in [-0.39, 0.29) is 11.4 Å². The van der Waals surface area contributed by atoms with Crippen molar-refractivity contribution in [2.45, 2.75) is 39.4 Å². The van der Waals surface area contributed by atoms with Crippen LogP contribution in [0.2, 0.25) is 0 Å². The van der Waals surface area contributed by atoms with Crippen molar-refractivity contribution in [3.8, 4) is 5.75 Å². The molecule has 3 N–H and O–H groups in total. The van der Waals surface area contributed by atoms with Gasteiger partial charge in [0, 0.05) is 0 Å². The third-order valence-electron chi connectivity index (χ3n) is 2.14. The van der Waals surface area contributed by atoms with Crippen LogP contribution in [0.15, 0.2) is 18.2 Å². The molecule has 0 bridgehead atoms. The summed E-state index contributed by atoms with van der Waals surface area (Å²) in [5.41, 5.74) is 0.197. The van der Waals surface area contributed by atoms with Crippen molar-refractivity contribution in [3.63, 3.8) is 0 Å². The fraction of sp³-hybridized carbons (Fsp3) is 0.462. The summed E-state index contributed by atoms with van der Waals surface area (Å²) in [6.45, 7) is 6.85. The second kappa shape index (κ2) is 5.27. The normalized spacial score (nSPS) is 12.9. The van der Waals surface area contributed by atoms with E-state index in [1.807, 2.05) is 0 Å². The minimum absolute atomic E-state index is 0.0785. The third kappa shape index (κ3) is 4.25. The topological polar surface area (TPSA) is 78.8 Å². The number of phenols is 1. The number of hydrogen-bond donors (Lipinski definition) is 3. The number of nitrogens with one attached hydrogen (secondary N) is 1. The molecule has 1 atom stereocenters. The second-order valence-corrected chi connectivity index (χ2v) is 5.08. The molecule has 0 aliphatic rings. The highest BCUT2D eigenvalue weighted by Gasteiger charge is 2.17. The zero-order valence-electron chi connectivity index (χ0n) is 11.0. The molecule has 5 nitrogen and oxygen atoms in total. The molecule has 100 valence electrons. The first-order valence-electron chi connectivity index (χ1n) is 5.70. The Hall–Kier alpha value is -1.75. The Kier molecular flexibility index (Phi) is 4.19. The number of aromatic hydroxyl groups is 1. The van der Waals surface area contributed by atoms with Crippen LogP contribution in [0, 0.1) is 0 Å². The number of rotatable bonds is 2. The van der Waals surface area contributed by atoms with E-state index in [0.29, 0.717) is 5.56 Å². The van der Waals surface area contributed by atoms with Gasteiger partial charge in [0.05, 0.1) is 11.8 Å². The maximum absolute atomic E-state index is 11.6. The number of carbonyl (C=O) groups excluding carboxylic acids is 1. The van der Waals surface area contributed by atoms with Crippen LogP contribution in [0.25, 0.3) is 0 Å². The van der Waals surface area contributed by atoms with Gasteiger partial charge >= 0.3 is 6.09 Å². The first-order chi connectivity index (χ1) is 8.19. The summed E-state index contributed by atoms with van der Waals surface area (Å²) in [6, 6.07) is 4.50. The van der Waals surface area contributed by atoms with Gasteiger partial charge in [0.1, 0.15) is 11.4 Å². The molecule has 0 aliphatic heterocycles. The average molecular weight is 253 g/mol. The van der Waals surface area contributed by atoms with Crippen LogP contribution in [-0.4, -0.2) is 21.9 Å². The molecule has 1 amide bonds. The first kappa shape index (κ1) is 14.3. The molecule has 1 aromatic rings. The molecule has 1 rings (SSSR count). The number of hydrogen-bond acceptors (Lipinski definition) is 4. The molecule has 5 heteroatoms. The van der Waals surface area contributed by atoms with Crippen molar-refractivity contribution in [2.75, 3.05) is 5.32 Å². The molecule has 0 radical (unpaired) electrons. The highest BCUT2D eigenvalue weighted by molar-refractivity contribution is 5.87. The zero-order chi connectivity index (χ0) is 13.9. The minimum Gasteiger partial charge on any atom is -0.506 e. The molecule has 1 unspecified atom stereocenters. The van der Waals surface area contributed by atoms with E-state index in [4.69, 9.17) is 4.74 Å². The van der Waals surface area contributed by atoms with Crippen molar-refractivity contribution in [2.24, 2.45) is 0 Å². The molecule has 0 saturated heterocycles. The minimum atomic E-state index is -0.676. The Bertz CT molecular complexity index is 435. The van der Waals surface area contributed by atoms with E-state index >= 15 is 0 Å². The van der Waals surface area contributed by atoms with Crippen LogP contribution >= 0.6 is 0 Å². The molecule has 18 heavy (non-hydrogen) atoms. The summed E-state index contributed by atoms with van der Waals surface area (Å²) in [5, 5.41) is 21.5. The van der Waals surface area contributed by atoms with Crippen molar-refractivity contribution in [1.29, 1.82) is 0 Å². The van der Waals surface area contributed by atoms with Crippen LogP contribution in [0.4, 0.5) is 10.5 Å². The lowest BCUT2D eigenvalue weighted by Crippen LogP contribution is -2.27. The molecule has 0 aromatic heterocycles. The van der Waals surface area contributed by atoms with Gasteiger partial charge in [0.25, 0.3) is 0 Å². The molecule has 0 aliphatic carbocycles. The Morgan fingerprint density at radius 2 is 2.00 bits per heavy atom. The van der Waals surface area contributed by atoms with Gasteiger partial charge in [-0.15, -0.1) is 0 Å². The van der Waals surface area contributed by atoms with Crippen molar-refractivity contribution in [3.05, 3.63) is 23.8 Å². The van der Waals surface area contributed by atoms with E-state index in [0.717, 1.165) is 0 Å². The molecular weight excluding hydrogens is 234 g/mol. The second-order valence-electron chi connectivity index (χ2n) is 5.08. The van der Waals surface area contributed by atoms with Gasteiger partial charge in [0.15, 0.2) is 0 Å². The Balaban J connectivity index is 2.84. The SMILES string of the molecule is CC(O)c1ccc(O)c(NC(=O)OC(C)(C)C)c1. The van der Waals surface area contributed by atoms with Crippen LogP contribution in [0.3, 0.4) is 0 Å². The predicted octanol–water partition coefficient (Wildman–Crippen LogP) is 2.79. The quantitative estimate of drug-likeness (QED) is 0.708. The largest absolute Gasteiger partial charge is 0.506 e. The Morgan fingerprint density at radius 1 is 1.39 bits per heavy atom. The Morgan fingerprint density at radius 3 is 2.50 bits per heavy atom. The van der Waals surface area contributed by atoms with E-state index in [9.17, 15) is 15.0 Å². The average Bonchev–Trinajstić information content (AvgIpc) is 2.18. The number of ether oxygens (including phenoxy) is 1. The van der Waals surface area contributed by atoms with Crippen LogP contribution in [0.1, 0.15) is 39.4 Å². The number of anilines is 1. The maximum atomic E-state index is 11.6. The highest BCUT2D eigenvalue weighted by atomic mass is 16.6.